The third-order valence-corrected chi connectivity index (χ3v) is 4.64. The lowest BCUT2D eigenvalue weighted by Gasteiger charge is -2.17. The zero-order valence-corrected chi connectivity index (χ0v) is 11.7. The molecule has 1 heterocycles. The molecule has 0 aromatic heterocycles. The molecule has 0 spiro atoms. The summed E-state index contributed by atoms with van der Waals surface area (Å²) in [6, 6.07) is 5.50. The van der Waals surface area contributed by atoms with Gasteiger partial charge in [0.15, 0.2) is 0 Å². The minimum atomic E-state index is -0.647. The molecule has 2 fully saturated rings. The fraction of sp³-hybridized carbons (Fsp3) is 0.438. The summed E-state index contributed by atoms with van der Waals surface area (Å²) in [4.78, 5) is 26.1. The fourth-order valence-corrected chi connectivity index (χ4v) is 3.45. The molecule has 2 atom stereocenters. The molecule has 1 aromatic carbocycles. The number of hydrogen-bond acceptors (Lipinski definition) is 3. The molecular formula is C16H15FN2O2. The van der Waals surface area contributed by atoms with E-state index in [1.54, 1.807) is 6.07 Å². The van der Waals surface area contributed by atoms with Crippen LogP contribution in [0.2, 0.25) is 0 Å². The Morgan fingerprint density at radius 1 is 1.29 bits per heavy atom. The fourth-order valence-electron chi connectivity index (χ4n) is 3.45. The van der Waals surface area contributed by atoms with Gasteiger partial charge in [-0.3, -0.25) is 14.5 Å². The van der Waals surface area contributed by atoms with Crippen LogP contribution in [-0.4, -0.2) is 11.8 Å². The minimum absolute atomic E-state index is 0.156. The number of fused-ring (bicyclic) bond motifs is 1. The Labute approximate surface area is 122 Å². The lowest BCUT2D eigenvalue weighted by Crippen LogP contribution is -2.32. The van der Waals surface area contributed by atoms with Gasteiger partial charge in [0.1, 0.15) is 11.9 Å². The highest BCUT2D eigenvalue weighted by atomic mass is 19.1. The molecule has 5 heteroatoms. The molecule has 3 rings (SSSR count). The summed E-state index contributed by atoms with van der Waals surface area (Å²) in [5.41, 5.74) is 0.141. The minimum Gasteiger partial charge on any atom is -0.274 e. The van der Waals surface area contributed by atoms with Crippen molar-refractivity contribution in [1.82, 2.24) is 0 Å². The number of rotatable bonds is 2. The van der Waals surface area contributed by atoms with Crippen LogP contribution in [0.15, 0.2) is 18.2 Å². The number of nitriles is 1. The van der Waals surface area contributed by atoms with Gasteiger partial charge in [-0.25, -0.2) is 4.39 Å². The highest BCUT2D eigenvalue weighted by Crippen LogP contribution is 2.45. The van der Waals surface area contributed by atoms with Crippen LogP contribution in [0.4, 0.5) is 10.1 Å². The normalized spacial score (nSPS) is 27.9. The second kappa shape index (κ2) is 4.96. The predicted molar refractivity (Wildman–Crippen MR) is 73.6 cm³/mol. The first-order valence-electron chi connectivity index (χ1n) is 7.14. The van der Waals surface area contributed by atoms with E-state index in [1.165, 1.54) is 12.1 Å². The van der Waals surface area contributed by atoms with Gasteiger partial charge in [-0.15, -0.1) is 0 Å². The van der Waals surface area contributed by atoms with Crippen LogP contribution in [0.3, 0.4) is 0 Å². The maximum absolute atomic E-state index is 13.4. The summed E-state index contributed by atoms with van der Waals surface area (Å²) in [5.74, 6) is -1.14. The molecule has 1 aliphatic carbocycles. The van der Waals surface area contributed by atoms with Crippen molar-refractivity contribution in [3.8, 4) is 6.07 Å². The Kier molecular flexibility index (Phi) is 3.25. The number of anilines is 1. The molecule has 1 aliphatic heterocycles. The molecule has 0 radical (unpaired) electrons. The number of nitrogens with zero attached hydrogens (tertiary/aromatic N) is 2. The lowest BCUT2D eigenvalue weighted by atomic mass is 10.00. The SMILES string of the molecule is CCC1CC2C(=O)N(c3ccc(F)c(C#N)c3)C(=O)C2C1. The average Bonchev–Trinajstić information content (AvgIpc) is 3.01. The van der Waals surface area contributed by atoms with Crippen LogP contribution >= 0.6 is 0 Å². The maximum Gasteiger partial charge on any atom is 0.237 e. The van der Waals surface area contributed by atoms with E-state index in [0.717, 1.165) is 30.2 Å². The van der Waals surface area contributed by atoms with Gasteiger partial charge in [-0.05, 0) is 37.0 Å². The Morgan fingerprint density at radius 3 is 2.43 bits per heavy atom. The number of hydrogen-bond donors (Lipinski definition) is 0. The summed E-state index contributed by atoms with van der Waals surface area (Å²) in [6.45, 7) is 2.07. The smallest absolute Gasteiger partial charge is 0.237 e. The summed E-state index contributed by atoms with van der Waals surface area (Å²) >= 11 is 0. The zero-order valence-electron chi connectivity index (χ0n) is 11.7. The van der Waals surface area contributed by atoms with Crippen LogP contribution in [0.1, 0.15) is 31.7 Å². The van der Waals surface area contributed by atoms with Gasteiger partial charge < -0.3 is 0 Å². The third-order valence-electron chi connectivity index (χ3n) is 4.64. The van der Waals surface area contributed by atoms with Crippen molar-refractivity contribution >= 4 is 17.5 Å². The number of amides is 2. The van der Waals surface area contributed by atoms with E-state index in [0.29, 0.717) is 11.6 Å². The quantitative estimate of drug-likeness (QED) is 0.785. The van der Waals surface area contributed by atoms with Crippen molar-refractivity contribution in [1.29, 1.82) is 5.26 Å². The van der Waals surface area contributed by atoms with Crippen molar-refractivity contribution in [3.63, 3.8) is 0 Å². The first-order valence-corrected chi connectivity index (χ1v) is 7.14. The van der Waals surface area contributed by atoms with E-state index in [9.17, 15) is 14.0 Å². The number of benzene rings is 1. The van der Waals surface area contributed by atoms with Crippen LogP contribution in [-0.2, 0) is 9.59 Å². The van der Waals surface area contributed by atoms with E-state index in [-0.39, 0.29) is 29.2 Å². The Morgan fingerprint density at radius 2 is 1.90 bits per heavy atom. The first kappa shape index (κ1) is 13.7. The molecule has 1 saturated carbocycles. The van der Waals surface area contributed by atoms with Gasteiger partial charge >= 0.3 is 0 Å². The molecular weight excluding hydrogens is 271 g/mol. The van der Waals surface area contributed by atoms with E-state index in [1.807, 2.05) is 0 Å². The van der Waals surface area contributed by atoms with Crippen LogP contribution < -0.4 is 4.90 Å². The zero-order chi connectivity index (χ0) is 15.1. The Balaban J connectivity index is 1.94. The lowest BCUT2D eigenvalue weighted by molar-refractivity contribution is -0.123. The standard InChI is InChI=1S/C16H15FN2O2/c1-2-9-5-12-13(6-9)16(21)19(15(12)20)11-3-4-14(17)10(7-11)8-18/h3-4,7,9,12-13H,2,5-6H2,1H3. The Bertz CT molecular complexity index is 641. The van der Waals surface area contributed by atoms with Gasteiger partial charge in [0.05, 0.1) is 23.1 Å². The molecule has 2 aliphatic rings. The average molecular weight is 286 g/mol. The summed E-state index contributed by atoms with van der Waals surface area (Å²) < 4.78 is 13.4. The van der Waals surface area contributed by atoms with Crippen LogP contribution in [0.25, 0.3) is 0 Å². The highest BCUT2D eigenvalue weighted by Gasteiger charge is 2.52. The summed E-state index contributed by atoms with van der Waals surface area (Å²) in [5, 5.41) is 8.87. The molecule has 2 amide bonds. The van der Waals surface area contributed by atoms with Crippen molar-refractivity contribution in [2.75, 3.05) is 4.90 Å². The van der Waals surface area contributed by atoms with Crippen molar-refractivity contribution in [2.24, 2.45) is 17.8 Å². The van der Waals surface area contributed by atoms with Gasteiger partial charge in [0.25, 0.3) is 0 Å². The van der Waals surface area contributed by atoms with Gasteiger partial charge in [-0.2, -0.15) is 5.26 Å². The molecule has 0 N–H and O–H groups in total. The van der Waals surface area contributed by atoms with E-state index >= 15 is 0 Å². The monoisotopic (exact) mass is 286 g/mol. The van der Waals surface area contributed by atoms with Gasteiger partial charge in [0, 0.05) is 0 Å². The summed E-state index contributed by atoms with van der Waals surface area (Å²) in [6.07, 6.45) is 2.46. The molecule has 4 nitrogen and oxygen atoms in total. The second-order valence-electron chi connectivity index (χ2n) is 5.75. The molecule has 1 saturated heterocycles. The Hall–Kier alpha value is -2.22. The van der Waals surface area contributed by atoms with Crippen molar-refractivity contribution < 1.29 is 14.0 Å². The second-order valence-corrected chi connectivity index (χ2v) is 5.75. The largest absolute Gasteiger partial charge is 0.274 e. The number of imide groups is 1. The van der Waals surface area contributed by atoms with Crippen molar-refractivity contribution in [2.45, 2.75) is 26.2 Å². The van der Waals surface area contributed by atoms with Crippen LogP contribution in [0.5, 0.6) is 0 Å². The summed E-state index contributed by atoms with van der Waals surface area (Å²) in [7, 11) is 0. The maximum atomic E-state index is 13.4. The highest BCUT2D eigenvalue weighted by molar-refractivity contribution is 6.22. The first-order chi connectivity index (χ1) is 10.1. The number of carbonyl (C=O) groups is 2. The van der Waals surface area contributed by atoms with Gasteiger partial charge in [0.2, 0.25) is 11.8 Å². The van der Waals surface area contributed by atoms with E-state index in [2.05, 4.69) is 6.92 Å². The van der Waals surface area contributed by atoms with Gasteiger partial charge in [-0.1, -0.05) is 13.3 Å². The molecule has 2 unspecified atom stereocenters. The van der Waals surface area contributed by atoms with Crippen LogP contribution in [0, 0.1) is 34.9 Å². The topological polar surface area (TPSA) is 61.2 Å². The molecule has 108 valence electrons. The van der Waals surface area contributed by atoms with E-state index in [4.69, 9.17) is 5.26 Å². The molecule has 0 bridgehead atoms. The number of halogens is 1. The number of carbonyl (C=O) groups excluding carboxylic acids is 2. The van der Waals surface area contributed by atoms with Crippen molar-refractivity contribution in [3.05, 3.63) is 29.6 Å². The predicted octanol–water partition coefficient (Wildman–Crippen LogP) is 2.62. The molecule has 1 aromatic rings. The third kappa shape index (κ3) is 2.02. The molecule has 21 heavy (non-hydrogen) atoms. The van der Waals surface area contributed by atoms with E-state index < -0.39 is 5.82 Å².